The normalized spacial score (nSPS) is 17.8. The summed E-state index contributed by atoms with van der Waals surface area (Å²) < 4.78 is 11.9. The van der Waals surface area contributed by atoms with Gasteiger partial charge in [0.1, 0.15) is 23.0 Å². The Kier molecular flexibility index (Phi) is 13.2. The zero-order valence-corrected chi connectivity index (χ0v) is 30.6. The topological polar surface area (TPSA) is 186 Å². The molecular formula is C42H46N6O7. The number of rotatable bonds is 15. The summed E-state index contributed by atoms with van der Waals surface area (Å²) in [4.78, 5) is 44.7. The molecule has 3 aromatic carbocycles. The number of guanidine groups is 1. The minimum Gasteiger partial charge on any atom is -0.508 e. The summed E-state index contributed by atoms with van der Waals surface area (Å²) in [6.07, 6.45) is 12.2. The van der Waals surface area contributed by atoms with Crippen molar-refractivity contribution in [1.29, 1.82) is 5.26 Å². The molecule has 0 bridgehead atoms. The molecule has 3 aromatic rings. The van der Waals surface area contributed by atoms with Gasteiger partial charge in [-0.2, -0.15) is 5.26 Å². The van der Waals surface area contributed by atoms with Gasteiger partial charge in [-0.15, -0.1) is 0 Å². The highest BCUT2D eigenvalue weighted by Crippen LogP contribution is 2.49. The van der Waals surface area contributed by atoms with Crippen molar-refractivity contribution in [2.24, 2.45) is 10.9 Å². The van der Waals surface area contributed by atoms with Gasteiger partial charge < -0.3 is 30.3 Å². The first kappa shape index (κ1) is 38.6. The average Bonchev–Trinajstić information content (AvgIpc) is 3.18. The van der Waals surface area contributed by atoms with Crippen LogP contribution < -0.4 is 25.4 Å². The van der Waals surface area contributed by atoms with Crippen molar-refractivity contribution in [3.8, 4) is 23.4 Å². The first-order valence-corrected chi connectivity index (χ1v) is 18.8. The summed E-state index contributed by atoms with van der Waals surface area (Å²) in [5.41, 5.74) is 2.50. The number of benzene rings is 3. The van der Waals surface area contributed by atoms with E-state index in [9.17, 15) is 29.9 Å². The highest BCUT2D eigenvalue weighted by atomic mass is 16.5. The van der Waals surface area contributed by atoms with Gasteiger partial charge in [-0.25, -0.2) is 4.79 Å². The zero-order chi connectivity index (χ0) is 38.6. The zero-order valence-electron chi connectivity index (χ0n) is 30.6. The fraction of sp³-hybridized carbons (Fsp3) is 0.357. The quantitative estimate of drug-likeness (QED) is 0.0451. The van der Waals surface area contributed by atoms with Crippen molar-refractivity contribution >= 4 is 23.6 Å². The SMILES string of the molecule is N#CNC(=NCCCOc1cccc(CN2CCCCC2)c1)NCCCCNC(=O)c1ccc(C2c3ccc(O)cc3OC3=CC(=O)C=CC32)c(C(=O)O)c1. The Labute approximate surface area is 320 Å². The second-order valence-corrected chi connectivity index (χ2v) is 13.8. The smallest absolute Gasteiger partial charge is 0.336 e. The number of piperidine rings is 1. The molecule has 5 N–H and O–H groups in total. The van der Waals surface area contributed by atoms with Crippen molar-refractivity contribution in [2.45, 2.75) is 51.0 Å². The molecule has 13 heteroatoms. The van der Waals surface area contributed by atoms with Gasteiger partial charge in [0.15, 0.2) is 12.0 Å². The minimum atomic E-state index is -1.20. The van der Waals surface area contributed by atoms with Crippen LogP contribution in [0.5, 0.6) is 17.2 Å². The number of carbonyl (C=O) groups excluding carboxylic acids is 2. The number of ether oxygens (including phenoxy) is 2. The summed E-state index contributed by atoms with van der Waals surface area (Å²) in [6.45, 7) is 5.07. The van der Waals surface area contributed by atoms with E-state index in [2.05, 4.69) is 38.0 Å². The highest BCUT2D eigenvalue weighted by molar-refractivity contribution is 6.01. The molecule has 0 radical (unpaired) electrons. The van der Waals surface area contributed by atoms with Gasteiger partial charge in [0, 0.05) is 67.7 Å². The van der Waals surface area contributed by atoms with Crippen molar-refractivity contribution < 1.29 is 34.1 Å². The lowest BCUT2D eigenvalue weighted by Crippen LogP contribution is -2.35. The van der Waals surface area contributed by atoms with E-state index in [4.69, 9.17) is 9.47 Å². The van der Waals surface area contributed by atoms with Crippen LogP contribution in [0.2, 0.25) is 0 Å². The second-order valence-electron chi connectivity index (χ2n) is 13.8. The van der Waals surface area contributed by atoms with Crippen molar-refractivity contribution in [3.05, 3.63) is 112 Å². The number of phenolic OH excluding ortho intramolecular Hbond substituents is 1. The number of ketones is 1. The van der Waals surface area contributed by atoms with Gasteiger partial charge in [0.05, 0.1) is 12.2 Å². The van der Waals surface area contributed by atoms with Crippen LogP contribution >= 0.6 is 0 Å². The van der Waals surface area contributed by atoms with Crippen LogP contribution in [-0.2, 0) is 11.3 Å². The molecule has 3 aliphatic rings. The predicted octanol–water partition coefficient (Wildman–Crippen LogP) is 5.23. The number of unbranched alkanes of at least 4 members (excludes halogenated alkanes) is 1. The number of likely N-dealkylation sites (tertiary alicyclic amines) is 1. The number of nitrogens with one attached hydrogen (secondary N) is 3. The third-order valence-corrected chi connectivity index (χ3v) is 9.83. The van der Waals surface area contributed by atoms with Crippen LogP contribution in [0.1, 0.15) is 81.8 Å². The van der Waals surface area contributed by atoms with Crippen LogP contribution in [0.15, 0.2) is 89.6 Å². The molecule has 1 aliphatic carbocycles. The van der Waals surface area contributed by atoms with Gasteiger partial charge in [-0.1, -0.05) is 36.8 Å². The van der Waals surface area contributed by atoms with Crippen LogP contribution in [0.3, 0.4) is 0 Å². The number of fused-ring (bicyclic) bond motifs is 2. The van der Waals surface area contributed by atoms with Crippen molar-refractivity contribution in [3.63, 3.8) is 0 Å². The maximum atomic E-state index is 13.1. The van der Waals surface area contributed by atoms with Gasteiger partial charge in [0.2, 0.25) is 5.96 Å². The van der Waals surface area contributed by atoms with E-state index >= 15 is 0 Å². The number of amides is 1. The predicted molar refractivity (Wildman–Crippen MR) is 206 cm³/mol. The maximum Gasteiger partial charge on any atom is 0.336 e. The van der Waals surface area contributed by atoms with Gasteiger partial charge >= 0.3 is 5.97 Å². The third kappa shape index (κ3) is 10.3. The molecule has 55 heavy (non-hydrogen) atoms. The van der Waals surface area contributed by atoms with Gasteiger partial charge in [0.25, 0.3) is 5.91 Å². The number of nitrogens with zero attached hydrogens (tertiary/aromatic N) is 3. The van der Waals surface area contributed by atoms with Crippen LogP contribution in [0.25, 0.3) is 0 Å². The molecule has 1 amide bonds. The van der Waals surface area contributed by atoms with Crippen molar-refractivity contribution in [1.82, 2.24) is 20.9 Å². The van der Waals surface area contributed by atoms with E-state index in [-0.39, 0.29) is 22.7 Å². The monoisotopic (exact) mass is 746 g/mol. The third-order valence-electron chi connectivity index (χ3n) is 9.83. The molecule has 1 saturated heterocycles. The number of aromatic hydroxyl groups is 1. The number of allylic oxidation sites excluding steroid dienone is 3. The number of aliphatic imine (C=N–C) groups is 1. The molecule has 2 aliphatic heterocycles. The molecule has 13 nitrogen and oxygen atoms in total. The summed E-state index contributed by atoms with van der Waals surface area (Å²) >= 11 is 0. The summed E-state index contributed by atoms with van der Waals surface area (Å²) in [5.74, 6) is -0.977. The van der Waals surface area contributed by atoms with E-state index in [1.807, 2.05) is 18.3 Å². The first-order valence-electron chi connectivity index (χ1n) is 18.8. The second kappa shape index (κ2) is 18.8. The lowest BCUT2D eigenvalue weighted by molar-refractivity contribution is -0.110. The Bertz CT molecular complexity index is 2010. The molecule has 1 fully saturated rings. The summed E-state index contributed by atoms with van der Waals surface area (Å²) in [7, 11) is 0. The van der Waals surface area contributed by atoms with Gasteiger partial charge in [-0.05, 0) is 86.3 Å². The fourth-order valence-corrected chi connectivity index (χ4v) is 7.16. The van der Waals surface area contributed by atoms with E-state index in [1.54, 1.807) is 24.3 Å². The Hall–Kier alpha value is -6.13. The standard InChI is InChI=1S/C42H46N6O7/c43-27-47-42(46-18-7-21-54-32-9-6-8-28(22-32)26-48-19-4-1-5-20-48)45-17-3-2-16-44-40(51)29-10-13-33(36(23-29)41(52)53)39-34-14-11-30(49)24-37(34)55-38-25-31(50)12-15-35(38)39/h6,8-15,22-25,34,39,50H,1-5,7,16-21,26H2,(H,44,51)(H,52,53)(H2,45,46,47). The lowest BCUT2D eigenvalue weighted by atomic mass is 9.74. The molecule has 6 rings (SSSR count). The number of nitriles is 1. The van der Waals surface area contributed by atoms with E-state index < -0.39 is 23.7 Å². The average molecular weight is 747 g/mol. The number of hydrogen-bond donors (Lipinski definition) is 5. The Morgan fingerprint density at radius 1 is 0.982 bits per heavy atom. The fourth-order valence-electron chi connectivity index (χ4n) is 7.16. The number of carboxylic acids is 1. The van der Waals surface area contributed by atoms with Crippen molar-refractivity contribution in [2.75, 3.05) is 39.3 Å². The molecular weight excluding hydrogens is 700 g/mol. The molecule has 2 heterocycles. The Morgan fingerprint density at radius 3 is 2.58 bits per heavy atom. The van der Waals surface area contributed by atoms with Crippen LogP contribution in [-0.4, -0.2) is 78.1 Å². The van der Waals surface area contributed by atoms with Crippen LogP contribution in [0.4, 0.5) is 0 Å². The number of aromatic carboxylic acids is 1. The molecule has 0 saturated carbocycles. The Morgan fingerprint density at radius 2 is 1.78 bits per heavy atom. The molecule has 2 atom stereocenters. The first-order chi connectivity index (χ1) is 26.8. The van der Waals surface area contributed by atoms with Gasteiger partial charge in [-0.3, -0.25) is 24.8 Å². The number of carbonyl (C=O) groups is 3. The number of phenols is 1. The molecule has 0 aromatic heterocycles. The van der Waals surface area contributed by atoms with E-state index in [0.29, 0.717) is 74.1 Å². The number of carboxylic acid groups (broad SMARTS) is 1. The summed E-state index contributed by atoms with van der Waals surface area (Å²) in [6, 6.07) is 17.4. The van der Waals surface area contributed by atoms with E-state index in [1.165, 1.54) is 55.2 Å². The molecule has 2 unspecified atom stereocenters. The lowest BCUT2D eigenvalue weighted by Gasteiger charge is -2.35. The molecule has 286 valence electrons. The minimum absolute atomic E-state index is 0.0278. The largest absolute Gasteiger partial charge is 0.508 e. The Balaban J connectivity index is 0.956. The molecule has 0 spiro atoms. The van der Waals surface area contributed by atoms with E-state index in [0.717, 1.165) is 25.4 Å². The maximum absolute atomic E-state index is 13.1. The summed E-state index contributed by atoms with van der Waals surface area (Å²) in [5, 5.41) is 38.0. The highest BCUT2D eigenvalue weighted by Gasteiger charge is 2.38. The van der Waals surface area contributed by atoms with Crippen LogP contribution in [0, 0.1) is 17.4 Å². The number of hydrogen-bond acceptors (Lipinski definition) is 9.